The highest BCUT2D eigenvalue weighted by Crippen LogP contribution is 2.33. The van der Waals surface area contributed by atoms with Crippen LogP contribution in [0.15, 0.2) is 84.9 Å². The Labute approximate surface area is 270 Å². The van der Waals surface area contributed by atoms with Crippen molar-refractivity contribution >= 4 is 54.2 Å². The van der Waals surface area contributed by atoms with Crippen LogP contribution >= 0.6 is 0 Å². The van der Waals surface area contributed by atoms with Crippen molar-refractivity contribution in [1.29, 1.82) is 0 Å². The van der Waals surface area contributed by atoms with Crippen molar-refractivity contribution < 1.29 is 9.47 Å². The van der Waals surface area contributed by atoms with Gasteiger partial charge in [0, 0.05) is 33.2 Å². The number of aromatic nitrogens is 4. The fourth-order valence-electron chi connectivity index (χ4n) is 5.78. The predicted octanol–water partition coefficient (Wildman–Crippen LogP) is 8.99. The first-order chi connectivity index (χ1) is 22.7. The number of nitrogens with one attached hydrogen (secondary N) is 2. The molecule has 0 radical (unpaired) electrons. The average Bonchev–Trinajstić information content (AvgIpc) is 3.90. The van der Waals surface area contributed by atoms with Gasteiger partial charge in [0.05, 0.1) is 36.0 Å². The number of benzene rings is 2. The molecule has 0 spiro atoms. The molecule has 46 heavy (non-hydrogen) atoms. The lowest BCUT2D eigenvalue weighted by Crippen LogP contribution is -1.96. The monoisotopic (exact) mass is 604 g/mol. The standard InChI is InChI=1S/C39H37BN4O2/c1-2-3-22-45-32-13-5-26(6-14-32)38-34-17-9-28(41-34)24-30-11-19-36(43-30)39(27-7-15-33(16-8-27)46-23-4-21-40)37-20-12-31(44-37)25-29-10-18-35(38)42-29/h5-20,24-25,41,44H,2-4,21-23,40H2,1H3. The molecule has 0 saturated carbocycles. The van der Waals surface area contributed by atoms with Gasteiger partial charge in [0.2, 0.25) is 0 Å². The fraction of sp³-hybridized carbons (Fsp3) is 0.179. The van der Waals surface area contributed by atoms with Gasteiger partial charge in [0.1, 0.15) is 19.3 Å². The quantitative estimate of drug-likeness (QED) is 0.121. The number of H-pyrrole nitrogens is 2. The highest BCUT2D eigenvalue weighted by atomic mass is 16.5. The molecule has 0 atom stereocenters. The summed E-state index contributed by atoms with van der Waals surface area (Å²) in [6.07, 6.45) is 12.6. The van der Waals surface area contributed by atoms with Crippen LogP contribution in [-0.4, -0.2) is 41.0 Å². The van der Waals surface area contributed by atoms with Crippen LogP contribution in [0.3, 0.4) is 0 Å². The minimum Gasteiger partial charge on any atom is -0.494 e. The van der Waals surface area contributed by atoms with Crippen LogP contribution in [0.25, 0.3) is 68.6 Å². The van der Waals surface area contributed by atoms with Gasteiger partial charge < -0.3 is 19.4 Å². The van der Waals surface area contributed by atoms with E-state index in [-0.39, 0.29) is 0 Å². The van der Waals surface area contributed by atoms with E-state index < -0.39 is 0 Å². The summed E-state index contributed by atoms with van der Waals surface area (Å²) in [5, 5.41) is 0. The Balaban J connectivity index is 1.37. The normalized spacial score (nSPS) is 12.0. The Morgan fingerprint density at radius 2 is 1.07 bits per heavy atom. The number of hydrogen-bond acceptors (Lipinski definition) is 4. The summed E-state index contributed by atoms with van der Waals surface area (Å²) >= 11 is 0. The minimum absolute atomic E-state index is 0.726. The second kappa shape index (κ2) is 13.4. The molecule has 228 valence electrons. The molecular formula is C39H37BN4O2. The first-order valence-corrected chi connectivity index (χ1v) is 16.2. The van der Waals surface area contributed by atoms with E-state index in [0.717, 1.165) is 117 Å². The van der Waals surface area contributed by atoms with Crippen molar-refractivity contribution in [3.8, 4) is 33.8 Å². The van der Waals surface area contributed by atoms with Gasteiger partial charge in [-0.2, -0.15) is 0 Å². The van der Waals surface area contributed by atoms with Gasteiger partial charge in [-0.05, 0) is 109 Å². The van der Waals surface area contributed by atoms with Gasteiger partial charge in [0.25, 0.3) is 0 Å². The van der Waals surface area contributed by atoms with Crippen LogP contribution in [0.2, 0.25) is 6.32 Å². The maximum absolute atomic E-state index is 5.93. The number of hydrogen-bond donors (Lipinski definition) is 2. The van der Waals surface area contributed by atoms with Gasteiger partial charge in [0.15, 0.2) is 0 Å². The molecule has 2 aliphatic rings. The molecule has 5 heterocycles. The summed E-state index contributed by atoms with van der Waals surface area (Å²) in [5.41, 5.74) is 11.7. The smallest absolute Gasteiger partial charge is 0.119 e. The molecule has 7 rings (SSSR count). The molecule has 0 fully saturated rings. The summed E-state index contributed by atoms with van der Waals surface area (Å²) in [7, 11) is 2.17. The molecule has 2 aromatic carbocycles. The van der Waals surface area contributed by atoms with Crippen molar-refractivity contribution in [2.75, 3.05) is 13.2 Å². The van der Waals surface area contributed by atoms with Crippen molar-refractivity contribution in [3.63, 3.8) is 0 Å². The first-order valence-electron chi connectivity index (χ1n) is 16.2. The molecule has 0 saturated heterocycles. The molecule has 5 aromatic rings. The summed E-state index contributed by atoms with van der Waals surface area (Å²) in [6, 6.07) is 29.2. The largest absolute Gasteiger partial charge is 0.494 e. The minimum atomic E-state index is 0.726. The maximum atomic E-state index is 5.93. The molecule has 0 unspecified atom stereocenters. The zero-order valence-corrected chi connectivity index (χ0v) is 26.3. The maximum Gasteiger partial charge on any atom is 0.119 e. The van der Waals surface area contributed by atoms with E-state index in [0.29, 0.717) is 0 Å². The lowest BCUT2D eigenvalue weighted by Gasteiger charge is -2.08. The third kappa shape index (κ3) is 6.40. The van der Waals surface area contributed by atoms with E-state index >= 15 is 0 Å². The van der Waals surface area contributed by atoms with Crippen molar-refractivity contribution in [1.82, 2.24) is 19.9 Å². The Morgan fingerprint density at radius 3 is 1.52 bits per heavy atom. The third-order valence-electron chi connectivity index (χ3n) is 8.22. The van der Waals surface area contributed by atoms with Crippen molar-refractivity contribution in [2.24, 2.45) is 0 Å². The number of rotatable bonds is 10. The SMILES string of the molecule is BCCCOc1ccc(-c2c3nc(cc4ccc([nH]4)c(-c4ccc(OCCCC)cc4)c4nc(cc5ccc2[nH]5)C=C4)C=C3)cc1. The molecule has 3 aromatic heterocycles. The highest BCUT2D eigenvalue weighted by molar-refractivity contribution is 6.08. The predicted molar refractivity (Wildman–Crippen MR) is 194 cm³/mol. The highest BCUT2D eigenvalue weighted by Gasteiger charge is 2.14. The Hall–Kier alpha value is -5.30. The van der Waals surface area contributed by atoms with Gasteiger partial charge in [-0.3, -0.25) is 0 Å². The van der Waals surface area contributed by atoms with E-state index in [2.05, 4.69) is 110 Å². The second-order valence-corrected chi connectivity index (χ2v) is 11.7. The van der Waals surface area contributed by atoms with Crippen LogP contribution < -0.4 is 9.47 Å². The molecule has 0 aliphatic carbocycles. The molecule has 2 aliphatic heterocycles. The van der Waals surface area contributed by atoms with Gasteiger partial charge in [-0.1, -0.05) is 43.9 Å². The van der Waals surface area contributed by atoms with Gasteiger partial charge in [-0.15, -0.1) is 0 Å². The summed E-state index contributed by atoms with van der Waals surface area (Å²) in [6.45, 7) is 3.62. The number of fused-ring (bicyclic) bond motifs is 8. The number of aromatic amines is 2. The van der Waals surface area contributed by atoms with E-state index in [1.807, 2.05) is 24.3 Å². The Kier molecular flexibility index (Phi) is 8.55. The molecule has 0 amide bonds. The molecule has 7 heteroatoms. The molecule has 2 N–H and O–H groups in total. The summed E-state index contributed by atoms with van der Waals surface area (Å²) < 4.78 is 11.9. The first kappa shape index (κ1) is 29.4. The Morgan fingerprint density at radius 1 is 0.587 bits per heavy atom. The van der Waals surface area contributed by atoms with E-state index in [9.17, 15) is 0 Å². The van der Waals surface area contributed by atoms with Crippen molar-refractivity contribution in [3.05, 3.63) is 108 Å². The lowest BCUT2D eigenvalue weighted by molar-refractivity contribution is 0.309. The van der Waals surface area contributed by atoms with E-state index in [1.54, 1.807) is 0 Å². The topological polar surface area (TPSA) is 75.8 Å². The number of nitrogens with zero attached hydrogens (tertiary/aromatic N) is 2. The zero-order chi connectivity index (χ0) is 31.3. The molecule has 8 bridgehead atoms. The number of unbranched alkanes of at least 4 members (excludes halogenated alkanes) is 1. The zero-order valence-electron chi connectivity index (χ0n) is 26.3. The average molecular weight is 605 g/mol. The van der Waals surface area contributed by atoms with Gasteiger partial charge in [-0.25, -0.2) is 9.97 Å². The second-order valence-electron chi connectivity index (χ2n) is 11.7. The third-order valence-corrected chi connectivity index (χ3v) is 8.22. The lowest BCUT2D eigenvalue weighted by atomic mass is 10.0. The number of ether oxygens (including phenoxy) is 2. The van der Waals surface area contributed by atoms with Gasteiger partial charge >= 0.3 is 0 Å². The fourth-order valence-corrected chi connectivity index (χ4v) is 5.78. The van der Waals surface area contributed by atoms with Crippen LogP contribution in [0, 0.1) is 0 Å². The molecule has 6 nitrogen and oxygen atoms in total. The van der Waals surface area contributed by atoms with E-state index in [1.165, 1.54) is 0 Å². The summed E-state index contributed by atoms with van der Waals surface area (Å²) in [5.74, 6) is 1.76. The van der Waals surface area contributed by atoms with Crippen LogP contribution in [0.1, 0.15) is 49.0 Å². The Bertz CT molecular complexity index is 1920. The summed E-state index contributed by atoms with van der Waals surface area (Å²) in [4.78, 5) is 17.4. The van der Waals surface area contributed by atoms with E-state index in [4.69, 9.17) is 19.4 Å². The molecular weight excluding hydrogens is 567 g/mol. The van der Waals surface area contributed by atoms with Crippen LogP contribution in [-0.2, 0) is 0 Å². The van der Waals surface area contributed by atoms with Crippen LogP contribution in [0.4, 0.5) is 0 Å². The van der Waals surface area contributed by atoms with Crippen LogP contribution in [0.5, 0.6) is 11.5 Å². The van der Waals surface area contributed by atoms with Crippen molar-refractivity contribution in [2.45, 2.75) is 32.5 Å².